The average Bonchev–Trinajstić information content (AvgIpc) is 3.75. The zero-order chi connectivity index (χ0) is 27.7. The molecule has 46 heavy (non-hydrogen) atoms. The summed E-state index contributed by atoms with van der Waals surface area (Å²) in [6.45, 7) is 35.4. The van der Waals surface area contributed by atoms with Crippen LogP contribution in [0.2, 0.25) is 0 Å². The summed E-state index contributed by atoms with van der Waals surface area (Å²) in [5.41, 5.74) is 6.39. The molecule has 1 N–H and O–H groups in total. The van der Waals surface area contributed by atoms with E-state index in [0.717, 1.165) is 24.9 Å². The van der Waals surface area contributed by atoms with E-state index in [1.165, 1.54) is 82.8 Å². The fourth-order valence-electron chi connectivity index (χ4n) is 2.06. The van der Waals surface area contributed by atoms with Crippen LogP contribution in [0.15, 0.2) is 58.7 Å². The van der Waals surface area contributed by atoms with E-state index >= 15 is 0 Å². The maximum atomic E-state index is 7.57. The molecule has 1 fully saturated rings. The molecule has 4 nitrogen and oxygen atoms in total. The van der Waals surface area contributed by atoms with E-state index in [1.54, 1.807) is 0 Å². The minimum absolute atomic E-state index is 0. The minimum Gasteiger partial charge on any atom is -0.911 e. The number of aliphatic imine (C=N–C) groups is 2. The minimum atomic E-state index is 0. The van der Waals surface area contributed by atoms with Crippen molar-refractivity contribution in [3.8, 4) is 0 Å². The Morgan fingerprint density at radius 2 is 0.783 bits per heavy atom. The Labute approximate surface area is 366 Å². The molecule has 3 aliphatic rings. The molecule has 270 valence electrons. The quantitative estimate of drug-likeness (QED) is 0.114. The van der Waals surface area contributed by atoms with Crippen LogP contribution in [0.25, 0.3) is 11.1 Å². The van der Waals surface area contributed by atoms with E-state index in [-0.39, 0.29) is 150 Å². The van der Waals surface area contributed by atoms with Crippen LogP contribution >= 0.6 is 0 Å². The summed E-state index contributed by atoms with van der Waals surface area (Å²) < 4.78 is 0. The van der Waals surface area contributed by atoms with Crippen LogP contribution in [-0.2, 0) is 105 Å². The zero-order valence-electron chi connectivity index (χ0n) is 23.9. The van der Waals surface area contributed by atoms with Gasteiger partial charge in [0.15, 0.2) is 0 Å². The van der Waals surface area contributed by atoms with Crippen molar-refractivity contribution >= 4 is 19.6 Å². The summed E-state index contributed by atoms with van der Waals surface area (Å²) in [6, 6.07) is 0. The van der Waals surface area contributed by atoms with E-state index in [0.29, 0.717) is 13.1 Å². The van der Waals surface area contributed by atoms with E-state index in [2.05, 4.69) is 74.7 Å². The number of nitrogens with zero attached hydrogens (tertiary/aromatic N) is 3. The van der Waals surface area contributed by atoms with Crippen LogP contribution in [0.4, 0.5) is 0 Å². The fourth-order valence-corrected chi connectivity index (χ4v) is 2.06. The molecule has 0 bridgehead atoms. The molecule has 0 aromatic rings. The Kier molecular flexibility index (Phi) is 310. The fraction of sp³-hybridized carbons (Fsp3) is 0.541. The molecule has 0 radical (unpaired) electrons. The summed E-state index contributed by atoms with van der Waals surface area (Å²) in [6.07, 6.45) is 30.7. The molecule has 0 aliphatic heterocycles. The number of hydrogen-bond acceptors (Lipinski definition) is 2. The van der Waals surface area contributed by atoms with Gasteiger partial charge < -0.3 is 86.0 Å². The van der Waals surface area contributed by atoms with E-state index < -0.39 is 0 Å². The Hall–Kier alpha value is 0.852. The van der Waals surface area contributed by atoms with Gasteiger partial charge in [0.25, 0.3) is 0 Å². The first-order valence-corrected chi connectivity index (χ1v) is 12.0. The van der Waals surface area contributed by atoms with Crippen molar-refractivity contribution in [2.75, 3.05) is 13.1 Å². The normalized spacial score (nSPS) is 9.63. The molecule has 0 unspecified atom stereocenters. The maximum absolute atomic E-state index is 7.57. The maximum Gasteiger partial charge on any atom is 2.00 e. The predicted molar refractivity (Wildman–Crippen MR) is 201 cm³/mol. The SMILES string of the molecule is C.C.C.C.C.C.C1=CCCC1.C1=CCCC1.C1CCCC1.[CH-]=CC=[CH-].[CH-]=CC=[N-].[CH-]=CN=[CH-].[CH-]=NC[CH2-].[CH2-]CC[NH-].[W+2].[W+2].[W+2].[W+2].[W+2]. The molecule has 0 saturated heterocycles. The molecule has 3 aliphatic carbocycles. The van der Waals surface area contributed by atoms with Gasteiger partial charge >= 0.3 is 105 Å². The largest absolute Gasteiger partial charge is 2.00 e. The summed E-state index contributed by atoms with van der Waals surface area (Å²) in [5, 5.41) is 7.57. The van der Waals surface area contributed by atoms with E-state index in [4.69, 9.17) is 24.3 Å². The van der Waals surface area contributed by atoms with Crippen LogP contribution in [0, 0.1) is 40.2 Å². The van der Waals surface area contributed by atoms with Crippen molar-refractivity contribution in [2.45, 2.75) is 122 Å². The van der Waals surface area contributed by atoms with Gasteiger partial charge in [-0.2, -0.15) is 13.3 Å². The Balaban J connectivity index is -0.0000000155. The summed E-state index contributed by atoms with van der Waals surface area (Å²) >= 11 is 0. The summed E-state index contributed by atoms with van der Waals surface area (Å²) in [4.78, 5) is 6.01. The van der Waals surface area contributed by atoms with Gasteiger partial charge in [-0.1, -0.05) is 101 Å². The predicted octanol–water partition coefficient (Wildman–Crippen LogP) is 13.0. The molecular formula is C37H72N4W5. The second kappa shape index (κ2) is 138. The Morgan fingerprint density at radius 1 is 0.587 bits per heavy atom. The average molecular weight is 1490 g/mol. The van der Waals surface area contributed by atoms with Crippen LogP contribution in [0.1, 0.15) is 122 Å². The van der Waals surface area contributed by atoms with Crippen LogP contribution < -0.4 is 0 Å². The van der Waals surface area contributed by atoms with Gasteiger partial charge in [-0.3, -0.25) is 12.7 Å². The molecule has 3 rings (SSSR count). The molecule has 0 spiro atoms. The van der Waals surface area contributed by atoms with Gasteiger partial charge in [0.2, 0.25) is 0 Å². The number of hydrogen-bond donors (Lipinski definition) is 0. The van der Waals surface area contributed by atoms with Gasteiger partial charge in [-0.25, -0.2) is 6.42 Å². The smallest absolute Gasteiger partial charge is 0.911 e. The number of allylic oxidation sites excluding steroid dienone is 7. The Morgan fingerprint density at radius 3 is 0.826 bits per heavy atom. The van der Waals surface area contributed by atoms with Crippen molar-refractivity contribution < 1.29 is 105 Å². The first-order chi connectivity index (χ1) is 17.1. The monoisotopic (exact) mass is 1490 g/mol. The van der Waals surface area contributed by atoms with Crippen LogP contribution in [-0.4, -0.2) is 32.7 Å². The van der Waals surface area contributed by atoms with E-state index in [1.807, 2.05) is 0 Å². The molecule has 0 atom stereocenters. The first kappa shape index (κ1) is 103. The molecule has 1 saturated carbocycles. The van der Waals surface area contributed by atoms with Crippen LogP contribution in [0.3, 0.4) is 0 Å². The Bertz CT molecular complexity index is 426. The van der Waals surface area contributed by atoms with Gasteiger partial charge in [0.05, 0.1) is 0 Å². The van der Waals surface area contributed by atoms with Crippen molar-refractivity contribution in [1.29, 1.82) is 0 Å². The molecule has 0 aromatic carbocycles. The van der Waals surface area contributed by atoms with E-state index in [9.17, 15) is 0 Å². The van der Waals surface area contributed by atoms with Crippen molar-refractivity contribution in [3.05, 3.63) is 100 Å². The third kappa shape index (κ3) is 198. The molecule has 0 aromatic heterocycles. The van der Waals surface area contributed by atoms with Crippen molar-refractivity contribution in [3.63, 3.8) is 0 Å². The third-order valence-electron chi connectivity index (χ3n) is 3.66. The molecule has 9 heteroatoms. The molecule has 0 amide bonds. The van der Waals surface area contributed by atoms with Crippen LogP contribution in [0.5, 0.6) is 0 Å². The number of rotatable bonds is 5. The number of nitrogens with one attached hydrogen (secondary N) is 1. The van der Waals surface area contributed by atoms with Gasteiger partial charge in [-0.15, -0.1) is 6.54 Å². The molecule has 0 heterocycles. The van der Waals surface area contributed by atoms with Crippen molar-refractivity contribution in [2.24, 2.45) is 9.98 Å². The van der Waals surface area contributed by atoms with Gasteiger partial charge in [0.1, 0.15) is 0 Å². The topological polar surface area (TPSA) is 70.8 Å². The zero-order valence-corrected chi connectivity index (χ0v) is 38.5. The second-order valence-corrected chi connectivity index (χ2v) is 6.61. The first-order valence-electron chi connectivity index (χ1n) is 12.0. The van der Waals surface area contributed by atoms with Crippen molar-refractivity contribution in [1.82, 2.24) is 0 Å². The summed E-state index contributed by atoms with van der Waals surface area (Å²) in [5.74, 6) is 0. The second-order valence-electron chi connectivity index (χ2n) is 6.61. The third-order valence-corrected chi connectivity index (χ3v) is 3.66. The molecular weight excluding hydrogens is 1420 g/mol. The standard InChI is InChI=1S/C5H10.2C5H8.C4H4.C3H5N.C3H3N.C3H7N.C3H3N.6CH4.5W/c3*1-2-4-5-3-1;3*1-3-4-2;2*1-2-3-4;;;;;;;;;;;/h1-5H2;2*1-2H,3-5H2;1-4H;2H,1,3H2;1-3H;4H,1-3H2;1-3H;6*1H4;;;;;/q;;;5*-2;;;;;;;5*+2. The summed E-state index contributed by atoms with van der Waals surface area (Å²) in [7, 11) is 0. The van der Waals surface area contributed by atoms with Gasteiger partial charge in [0, 0.05) is 0 Å². The van der Waals surface area contributed by atoms with Gasteiger partial charge in [-0.05, 0) is 38.5 Å².